The van der Waals surface area contributed by atoms with Gasteiger partial charge >= 0.3 is 0 Å². The van der Waals surface area contributed by atoms with Gasteiger partial charge in [0.1, 0.15) is 5.69 Å². The van der Waals surface area contributed by atoms with Gasteiger partial charge in [0.25, 0.3) is 5.91 Å². The Balaban J connectivity index is 1.99. The second kappa shape index (κ2) is 5.42. The Labute approximate surface area is 103 Å². The first-order chi connectivity index (χ1) is 8.29. The molecule has 17 heavy (non-hydrogen) atoms. The van der Waals surface area contributed by atoms with Crippen molar-refractivity contribution < 1.29 is 4.79 Å². The van der Waals surface area contributed by atoms with Crippen LogP contribution in [-0.2, 0) is 6.54 Å². The normalized spacial score (nSPS) is 9.94. The SMILES string of the molecule is NNc1ccnc(C(=O)NCc2cccs2)c1. The predicted octanol–water partition coefficient (Wildman–Crippen LogP) is 1.36. The molecule has 2 rings (SSSR count). The van der Waals surface area contributed by atoms with Gasteiger partial charge in [-0.1, -0.05) is 6.07 Å². The molecular weight excluding hydrogens is 236 g/mol. The number of anilines is 1. The summed E-state index contributed by atoms with van der Waals surface area (Å²) >= 11 is 1.60. The van der Waals surface area contributed by atoms with Crippen LogP contribution in [0.1, 0.15) is 15.4 Å². The van der Waals surface area contributed by atoms with Gasteiger partial charge in [0, 0.05) is 11.1 Å². The minimum absolute atomic E-state index is 0.212. The Morgan fingerprint density at radius 3 is 3.06 bits per heavy atom. The number of rotatable bonds is 4. The molecule has 0 radical (unpaired) electrons. The number of pyridine rings is 1. The molecule has 0 aliphatic rings. The van der Waals surface area contributed by atoms with E-state index in [0.29, 0.717) is 17.9 Å². The van der Waals surface area contributed by atoms with Crippen molar-refractivity contribution in [1.29, 1.82) is 0 Å². The second-order valence-corrected chi connectivity index (χ2v) is 4.37. The highest BCUT2D eigenvalue weighted by Gasteiger charge is 2.07. The Kier molecular flexibility index (Phi) is 3.69. The van der Waals surface area contributed by atoms with E-state index in [9.17, 15) is 4.79 Å². The maximum Gasteiger partial charge on any atom is 0.270 e. The Bertz CT molecular complexity index is 498. The van der Waals surface area contributed by atoms with Gasteiger partial charge in [0.05, 0.1) is 12.2 Å². The fourth-order valence-corrected chi connectivity index (χ4v) is 1.96. The van der Waals surface area contributed by atoms with Crippen molar-refractivity contribution in [2.45, 2.75) is 6.54 Å². The first-order valence-electron chi connectivity index (χ1n) is 5.03. The molecule has 2 aromatic rings. The van der Waals surface area contributed by atoms with Crippen LogP contribution >= 0.6 is 11.3 Å². The number of thiophene rings is 1. The molecule has 0 saturated carbocycles. The van der Waals surface area contributed by atoms with Crippen molar-refractivity contribution in [3.8, 4) is 0 Å². The molecule has 1 amide bonds. The highest BCUT2D eigenvalue weighted by molar-refractivity contribution is 7.09. The topological polar surface area (TPSA) is 80.0 Å². The number of hydrogen-bond acceptors (Lipinski definition) is 5. The molecule has 0 aliphatic carbocycles. The van der Waals surface area contributed by atoms with E-state index in [4.69, 9.17) is 5.84 Å². The molecular formula is C11H12N4OS. The van der Waals surface area contributed by atoms with Crippen molar-refractivity contribution in [3.05, 3.63) is 46.4 Å². The van der Waals surface area contributed by atoms with Crippen LogP contribution in [0, 0.1) is 0 Å². The van der Waals surface area contributed by atoms with Crippen LogP contribution in [0.3, 0.4) is 0 Å². The van der Waals surface area contributed by atoms with E-state index >= 15 is 0 Å². The lowest BCUT2D eigenvalue weighted by atomic mass is 10.3. The summed E-state index contributed by atoms with van der Waals surface area (Å²) in [4.78, 5) is 16.9. The summed E-state index contributed by atoms with van der Waals surface area (Å²) in [6.45, 7) is 0.512. The summed E-state index contributed by atoms with van der Waals surface area (Å²) in [5, 5.41) is 4.76. The highest BCUT2D eigenvalue weighted by Crippen LogP contribution is 2.09. The molecule has 0 atom stereocenters. The van der Waals surface area contributed by atoms with E-state index in [1.165, 1.54) is 6.20 Å². The molecule has 2 aromatic heterocycles. The number of nitrogens with one attached hydrogen (secondary N) is 2. The third-order valence-electron chi connectivity index (χ3n) is 2.16. The summed E-state index contributed by atoms with van der Waals surface area (Å²) in [5.41, 5.74) is 3.47. The molecule has 6 heteroatoms. The van der Waals surface area contributed by atoms with Crippen LogP contribution in [-0.4, -0.2) is 10.9 Å². The third kappa shape index (κ3) is 3.02. The quantitative estimate of drug-likeness (QED) is 0.564. The van der Waals surface area contributed by atoms with Crippen molar-refractivity contribution in [2.24, 2.45) is 5.84 Å². The van der Waals surface area contributed by atoms with Crippen LogP contribution in [0.5, 0.6) is 0 Å². The number of carbonyl (C=O) groups excluding carboxylic acids is 1. The van der Waals surface area contributed by atoms with Crippen LogP contribution in [0.25, 0.3) is 0 Å². The lowest BCUT2D eigenvalue weighted by Crippen LogP contribution is -2.23. The zero-order chi connectivity index (χ0) is 12.1. The number of nitrogens with zero attached hydrogens (tertiary/aromatic N) is 1. The van der Waals surface area contributed by atoms with E-state index in [0.717, 1.165) is 4.88 Å². The highest BCUT2D eigenvalue weighted by atomic mass is 32.1. The van der Waals surface area contributed by atoms with Gasteiger partial charge in [-0.25, -0.2) is 0 Å². The van der Waals surface area contributed by atoms with Crippen molar-refractivity contribution >= 4 is 22.9 Å². The van der Waals surface area contributed by atoms with Crippen LogP contribution in [0.15, 0.2) is 35.8 Å². The third-order valence-corrected chi connectivity index (χ3v) is 3.04. The number of hydrogen-bond donors (Lipinski definition) is 3. The number of aromatic nitrogens is 1. The molecule has 0 fully saturated rings. The number of nitrogens with two attached hydrogens (primary N) is 1. The maximum absolute atomic E-state index is 11.8. The molecule has 0 aliphatic heterocycles. The minimum Gasteiger partial charge on any atom is -0.346 e. The Hall–Kier alpha value is -1.92. The largest absolute Gasteiger partial charge is 0.346 e. The van der Waals surface area contributed by atoms with Crippen LogP contribution in [0.2, 0.25) is 0 Å². The first kappa shape index (κ1) is 11.6. The average Bonchev–Trinajstić information content (AvgIpc) is 2.89. The molecule has 0 bridgehead atoms. The van der Waals surface area contributed by atoms with E-state index in [2.05, 4.69) is 15.7 Å². The van der Waals surface area contributed by atoms with Gasteiger partial charge in [0.15, 0.2) is 0 Å². The van der Waals surface area contributed by atoms with Gasteiger partial charge < -0.3 is 10.7 Å². The molecule has 5 nitrogen and oxygen atoms in total. The number of nitrogen functional groups attached to an aromatic ring is 1. The fourth-order valence-electron chi connectivity index (χ4n) is 1.32. The average molecular weight is 248 g/mol. The molecule has 0 spiro atoms. The number of amides is 1. The number of carbonyl (C=O) groups is 1. The molecule has 2 heterocycles. The van der Waals surface area contributed by atoms with Gasteiger partial charge in [0.2, 0.25) is 0 Å². The summed E-state index contributed by atoms with van der Waals surface area (Å²) in [6.07, 6.45) is 1.54. The predicted molar refractivity (Wildman–Crippen MR) is 67.5 cm³/mol. The Morgan fingerprint density at radius 2 is 2.35 bits per heavy atom. The van der Waals surface area contributed by atoms with E-state index < -0.39 is 0 Å². The number of hydrazine groups is 1. The van der Waals surface area contributed by atoms with E-state index in [-0.39, 0.29) is 5.91 Å². The van der Waals surface area contributed by atoms with Gasteiger partial charge in [-0.15, -0.1) is 11.3 Å². The van der Waals surface area contributed by atoms with Crippen LogP contribution < -0.4 is 16.6 Å². The summed E-state index contributed by atoms with van der Waals surface area (Å²) in [5.74, 6) is 5.05. The molecule has 88 valence electrons. The lowest BCUT2D eigenvalue weighted by Gasteiger charge is -2.04. The monoisotopic (exact) mass is 248 g/mol. The van der Waals surface area contributed by atoms with Gasteiger partial charge in [-0.05, 0) is 23.6 Å². The lowest BCUT2D eigenvalue weighted by molar-refractivity contribution is 0.0946. The summed E-state index contributed by atoms with van der Waals surface area (Å²) in [7, 11) is 0. The Morgan fingerprint density at radius 1 is 1.47 bits per heavy atom. The standard InChI is InChI=1S/C11H12N4OS/c12-15-8-3-4-13-10(6-8)11(16)14-7-9-2-1-5-17-9/h1-6H,7,12H2,(H,13,15)(H,14,16). The van der Waals surface area contributed by atoms with E-state index in [1.54, 1.807) is 23.5 Å². The molecule has 0 saturated heterocycles. The summed E-state index contributed by atoms with van der Waals surface area (Å²) < 4.78 is 0. The zero-order valence-corrected chi connectivity index (χ0v) is 9.83. The smallest absolute Gasteiger partial charge is 0.270 e. The summed E-state index contributed by atoms with van der Waals surface area (Å²) in [6, 6.07) is 7.21. The van der Waals surface area contributed by atoms with E-state index in [1.807, 2.05) is 17.5 Å². The molecule has 4 N–H and O–H groups in total. The fraction of sp³-hybridized carbons (Fsp3) is 0.0909. The van der Waals surface area contributed by atoms with Crippen molar-refractivity contribution in [1.82, 2.24) is 10.3 Å². The van der Waals surface area contributed by atoms with Crippen LogP contribution in [0.4, 0.5) is 5.69 Å². The second-order valence-electron chi connectivity index (χ2n) is 3.34. The zero-order valence-electron chi connectivity index (χ0n) is 9.01. The molecule has 0 aromatic carbocycles. The minimum atomic E-state index is -0.212. The maximum atomic E-state index is 11.8. The van der Waals surface area contributed by atoms with Gasteiger partial charge in [-0.3, -0.25) is 15.6 Å². The first-order valence-corrected chi connectivity index (χ1v) is 5.91. The van der Waals surface area contributed by atoms with Crippen molar-refractivity contribution in [3.63, 3.8) is 0 Å². The van der Waals surface area contributed by atoms with Gasteiger partial charge in [-0.2, -0.15) is 0 Å². The van der Waals surface area contributed by atoms with Crippen molar-refractivity contribution in [2.75, 3.05) is 5.43 Å². The molecule has 0 unspecified atom stereocenters.